The summed E-state index contributed by atoms with van der Waals surface area (Å²) in [4.78, 5) is 11.8. The van der Waals surface area contributed by atoms with Gasteiger partial charge in [0.2, 0.25) is 0 Å². The Hall–Kier alpha value is -1.19. The Kier molecular flexibility index (Phi) is 8.83. The van der Waals surface area contributed by atoms with Crippen LogP contribution < -0.4 is 0 Å². The van der Waals surface area contributed by atoms with Crippen molar-refractivity contribution in [2.45, 2.75) is 121 Å². The minimum atomic E-state index is -1.19. The fraction of sp³-hybridized carbons (Fsp3) is 0.724. The lowest BCUT2D eigenvalue weighted by molar-refractivity contribution is -0.125. The largest absolute Gasteiger partial charge is 0.393 e. The van der Waals surface area contributed by atoms with Crippen molar-refractivity contribution in [1.82, 2.24) is 0 Å². The molecule has 4 rings (SSSR count). The van der Waals surface area contributed by atoms with Crippen molar-refractivity contribution in [3.05, 3.63) is 42.2 Å². The van der Waals surface area contributed by atoms with E-state index >= 15 is 0 Å². The number of aliphatic hydroxyl groups excluding tert-OH is 1. The number of Topliss-reactive ketones (excluding diaryl/α,β-unsaturated/α-hetero) is 1. The molecule has 4 aliphatic rings. The molecule has 0 aromatic carbocycles. The van der Waals surface area contributed by atoms with Crippen molar-refractivity contribution in [3.8, 4) is 0 Å². The number of fused-ring (bicyclic) bond motifs is 1. The van der Waals surface area contributed by atoms with Crippen molar-refractivity contribution in [1.29, 1.82) is 0 Å². The second kappa shape index (κ2) is 11.0. The third-order valence-electron chi connectivity index (χ3n) is 8.06. The molecule has 5 atom stereocenters. The normalized spacial score (nSPS) is 32.4. The summed E-state index contributed by atoms with van der Waals surface area (Å²) in [7, 11) is -1.19. The zero-order valence-electron chi connectivity index (χ0n) is 21.4. The van der Waals surface area contributed by atoms with Crippen LogP contribution in [-0.2, 0) is 9.53 Å². The molecule has 0 aromatic rings. The van der Waals surface area contributed by atoms with E-state index in [9.17, 15) is 9.90 Å². The maximum absolute atomic E-state index is 11.8. The van der Waals surface area contributed by atoms with Crippen LogP contribution in [0.2, 0.25) is 25.7 Å². The van der Waals surface area contributed by atoms with Crippen LogP contribution in [0.15, 0.2) is 42.2 Å². The summed E-state index contributed by atoms with van der Waals surface area (Å²) in [5.74, 6) is 1.18. The van der Waals surface area contributed by atoms with Gasteiger partial charge in [-0.25, -0.2) is 0 Å². The Bertz CT molecular complexity index is 800. The average molecular weight is 471 g/mol. The minimum absolute atomic E-state index is 0.0260. The molecule has 1 spiro atoms. The molecule has 3 nitrogen and oxygen atoms in total. The Morgan fingerprint density at radius 3 is 2.61 bits per heavy atom. The van der Waals surface area contributed by atoms with Gasteiger partial charge in [0.1, 0.15) is 5.78 Å². The van der Waals surface area contributed by atoms with E-state index in [1.54, 1.807) is 0 Å². The van der Waals surface area contributed by atoms with E-state index in [-0.39, 0.29) is 11.5 Å². The van der Waals surface area contributed by atoms with Gasteiger partial charge in [0, 0.05) is 26.8 Å². The molecule has 0 radical (unpaired) electrons. The number of rotatable bonds is 6. The first-order chi connectivity index (χ1) is 15.5. The van der Waals surface area contributed by atoms with Gasteiger partial charge in [0.15, 0.2) is 0 Å². The van der Waals surface area contributed by atoms with E-state index in [0.717, 1.165) is 43.2 Å². The average Bonchev–Trinajstić information content (AvgIpc) is 3.08. The molecular weight excluding hydrogens is 424 g/mol. The fourth-order valence-corrected chi connectivity index (χ4v) is 8.03. The van der Waals surface area contributed by atoms with E-state index < -0.39 is 14.2 Å². The molecule has 2 aliphatic carbocycles. The van der Waals surface area contributed by atoms with Gasteiger partial charge in [0.05, 0.1) is 17.8 Å². The second-order valence-corrected chi connectivity index (χ2v) is 17.6. The summed E-state index contributed by atoms with van der Waals surface area (Å²) >= 11 is 0. The molecular formula is C29H46O3Si. The van der Waals surface area contributed by atoms with Gasteiger partial charge in [-0.15, -0.1) is 5.73 Å². The highest BCUT2D eigenvalue weighted by Crippen LogP contribution is 2.55. The molecule has 1 N–H and O–H groups in total. The van der Waals surface area contributed by atoms with Crippen molar-refractivity contribution in [2.75, 3.05) is 0 Å². The van der Waals surface area contributed by atoms with Crippen LogP contribution in [0.4, 0.5) is 0 Å². The van der Waals surface area contributed by atoms with E-state index in [2.05, 4.69) is 45.1 Å². The Morgan fingerprint density at radius 1 is 1.21 bits per heavy atom. The standard InChI is InChI=1S/C16H28O2Si.C13H18O/c1-5-13(12-19(2,3)4)10-15(17)11-14-8-6-7-9-16(14)18;1-9-7-12-8-11-5-3-4-6-13(11,14-12)10(9)2/h14-15,17H,1,6-12H2,2-4H3;11-12H,1-8H2. The fourth-order valence-electron chi connectivity index (χ4n) is 6.48. The van der Waals surface area contributed by atoms with E-state index in [1.165, 1.54) is 43.3 Å². The number of ketones is 1. The molecule has 33 heavy (non-hydrogen) atoms. The number of hydrogen-bond donors (Lipinski definition) is 1. The zero-order valence-corrected chi connectivity index (χ0v) is 22.4. The number of carbonyl (C=O) groups excluding carboxylic acids is 1. The summed E-state index contributed by atoms with van der Waals surface area (Å²) in [6, 6.07) is 1.03. The molecule has 2 aliphatic heterocycles. The molecule has 5 unspecified atom stereocenters. The van der Waals surface area contributed by atoms with Crippen molar-refractivity contribution < 1.29 is 14.6 Å². The molecule has 2 saturated carbocycles. The zero-order chi connectivity index (χ0) is 24.2. The third kappa shape index (κ3) is 6.69. The molecule has 0 amide bonds. The van der Waals surface area contributed by atoms with Crippen LogP contribution in [-0.4, -0.2) is 36.8 Å². The Balaban J connectivity index is 0.000000192. The maximum atomic E-state index is 11.8. The first-order valence-corrected chi connectivity index (χ1v) is 16.9. The van der Waals surface area contributed by atoms with Crippen LogP contribution in [0, 0.1) is 11.8 Å². The topological polar surface area (TPSA) is 46.5 Å². The maximum Gasteiger partial charge on any atom is 0.136 e. The van der Waals surface area contributed by atoms with E-state index in [0.29, 0.717) is 31.1 Å². The van der Waals surface area contributed by atoms with Gasteiger partial charge in [0.25, 0.3) is 0 Å². The lowest BCUT2D eigenvalue weighted by atomic mass is 9.71. The lowest BCUT2D eigenvalue weighted by Gasteiger charge is -2.43. The molecule has 0 aromatic heterocycles. The minimum Gasteiger partial charge on any atom is -0.393 e. The SMILES string of the molecule is C=C1CC2CC3CCCCC3(O2)C1=C.C=C=C(CC(O)CC1CCCCC1=O)C[Si](C)(C)C. The van der Waals surface area contributed by atoms with Crippen molar-refractivity contribution in [3.63, 3.8) is 0 Å². The van der Waals surface area contributed by atoms with Crippen LogP contribution in [0.3, 0.4) is 0 Å². The van der Waals surface area contributed by atoms with Gasteiger partial charge in [-0.05, 0) is 73.6 Å². The second-order valence-electron chi connectivity index (χ2n) is 12.1. The lowest BCUT2D eigenvalue weighted by Crippen LogP contribution is -2.42. The Labute approximate surface area is 203 Å². The van der Waals surface area contributed by atoms with Gasteiger partial charge in [-0.3, -0.25) is 4.79 Å². The van der Waals surface area contributed by atoms with Gasteiger partial charge in [-0.1, -0.05) is 58.6 Å². The van der Waals surface area contributed by atoms with E-state index in [1.807, 2.05) is 0 Å². The van der Waals surface area contributed by atoms with Gasteiger partial charge < -0.3 is 9.84 Å². The smallest absolute Gasteiger partial charge is 0.136 e. The summed E-state index contributed by atoms with van der Waals surface area (Å²) in [5.41, 5.74) is 6.63. The van der Waals surface area contributed by atoms with Crippen LogP contribution in [0.1, 0.15) is 77.0 Å². The van der Waals surface area contributed by atoms with Crippen LogP contribution >= 0.6 is 0 Å². The molecule has 2 heterocycles. The van der Waals surface area contributed by atoms with Gasteiger partial charge in [-0.2, -0.15) is 0 Å². The highest BCUT2D eigenvalue weighted by atomic mass is 28.3. The summed E-state index contributed by atoms with van der Waals surface area (Å²) in [5, 5.41) is 10.2. The molecule has 184 valence electrons. The first kappa shape index (κ1) is 26.4. The number of carbonyl (C=O) groups is 1. The monoisotopic (exact) mass is 470 g/mol. The van der Waals surface area contributed by atoms with Crippen molar-refractivity contribution in [2.24, 2.45) is 11.8 Å². The third-order valence-corrected chi connectivity index (χ3v) is 9.55. The predicted molar refractivity (Wildman–Crippen MR) is 140 cm³/mol. The number of ether oxygens (including phenoxy) is 1. The van der Waals surface area contributed by atoms with Crippen molar-refractivity contribution >= 4 is 13.9 Å². The summed E-state index contributed by atoms with van der Waals surface area (Å²) in [6.07, 6.45) is 12.6. The highest BCUT2D eigenvalue weighted by Gasteiger charge is 2.54. The molecule has 2 bridgehead atoms. The van der Waals surface area contributed by atoms with Crippen LogP contribution in [0.25, 0.3) is 0 Å². The van der Waals surface area contributed by atoms with E-state index in [4.69, 9.17) is 4.74 Å². The predicted octanol–water partition coefficient (Wildman–Crippen LogP) is 7.16. The molecule has 4 heteroatoms. The summed E-state index contributed by atoms with van der Waals surface area (Å²) < 4.78 is 6.21. The molecule has 4 fully saturated rings. The first-order valence-electron chi connectivity index (χ1n) is 13.2. The quantitative estimate of drug-likeness (QED) is 0.331. The van der Waals surface area contributed by atoms with Crippen LogP contribution in [0.5, 0.6) is 0 Å². The number of aliphatic hydroxyl groups is 1. The summed E-state index contributed by atoms with van der Waals surface area (Å²) in [6.45, 7) is 19.0. The molecule has 2 saturated heterocycles. The Morgan fingerprint density at radius 2 is 1.94 bits per heavy atom. The van der Waals surface area contributed by atoms with Gasteiger partial charge >= 0.3 is 0 Å². The highest BCUT2D eigenvalue weighted by molar-refractivity contribution is 6.76. The number of hydrogen-bond acceptors (Lipinski definition) is 3.